The van der Waals surface area contributed by atoms with Crippen LogP contribution < -0.4 is 45.5 Å². The maximum absolute atomic E-state index is 12.8. The van der Waals surface area contributed by atoms with Crippen molar-refractivity contribution in [1.82, 2.24) is 9.55 Å². The number of hydrogen-bond donors (Lipinski definition) is 1. The van der Waals surface area contributed by atoms with E-state index in [0.29, 0.717) is 22.0 Å². The van der Waals surface area contributed by atoms with Crippen LogP contribution in [0.3, 0.4) is 0 Å². The van der Waals surface area contributed by atoms with E-state index in [1.165, 1.54) is 12.1 Å². The number of carbonyl (C=O) groups excluding carboxylic acids is 2. The molecule has 0 aliphatic rings. The second-order valence-corrected chi connectivity index (χ2v) is 7.43. The molecule has 0 unspecified atom stereocenters. The summed E-state index contributed by atoms with van der Waals surface area (Å²) in [5, 5.41) is 0. The molecule has 0 aliphatic carbocycles. The normalized spacial score (nSPS) is 10.7. The van der Waals surface area contributed by atoms with Crippen LogP contribution in [0.5, 0.6) is 5.88 Å². The molecule has 11 nitrogen and oxygen atoms in total. The smallest absolute Gasteiger partial charge is 0.748 e. The minimum Gasteiger partial charge on any atom is -0.748 e. The Morgan fingerprint density at radius 3 is 2.40 bits per heavy atom. The number of hydrogen-bond acceptors (Lipinski definition) is 9. The maximum Gasteiger partial charge on any atom is 1.00 e. The Bertz CT molecular complexity index is 1120. The first-order valence-corrected chi connectivity index (χ1v) is 9.82. The quantitative estimate of drug-likeness (QED) is 0.192. The summed E-state index contributed by atoms with van der Waals surface area (Å²) >= 11 is 0. The number of nitrogens with zero attached hydrogens (tertiary/aromatic N) is 1. The number of aromatic amines is 1. The Balaban J connectivity index is 0.00000450. The molecule has 30 heavy (non-hydrogen) atoms. The third-order valence-corrected chi connectivity index (χ3v) is 4.66. The SMILES string of the molecule is COC(=O)Oc1[nH]c(=O)n(CCCS(=O)(=O)[O-])c(=O)c1Cc1ccc(C=O)cc1.[Na+]. The predicted octanol–water partition coefficient (Wildman–Crippen LogP) is -2.98. The first-order chi connectivity index (χ1) is 13.6. The number of benzene rings is 1. The first-order valence-electron chi connectivity index (χ1n) is 8.24. The number of ether oxygens (including phenoxy) is 2. The monoisotopic (exact) mass is 448 g/mol. The van der Waals surface area contributed by atoms with Crippen molar-refractivity contribution in [3.05, 3.63) is 61.8 Å². The van der Waals surface area contributed by atoms with E-state index in [4.69, 9.17) is 4.74 Å². The minimum atomic E-state index is -4.50. The van der Waals surface area contributed by atoms with Crippen molar-refractivity contribution >= 4 is 22.6 Å². The topological polar surface area (TPSA) is 165 Å². The van der Waals surface area contributed by atoms with Crippen molar-refractivity contribution in [1.29, 1.82) is 0 Å². The molecule has 1 aromatic heterocycles. The number of methoxy groups -OCH3 is 1. The van der Waals surface area contributed by atoms with Gasteiger partial charge in [0, 0.05) is 24.3 Å². The zero-order chi connectivity index (χ0) is 21.6. The molecule has 0 fully saturated rings. The number of rotatable bonds is 8. The summed E-state index contributed by atoms with van der Waals surface area (Å²) in [4.78, 5) is 49.4. The van der Waals surface area contributed by atoms with Gasteiger partial charge in [0.15, 0.2) is 0 Å². The molecule has 2 aromatic rings. The van der Waals surface area contributed by atoms with E-state index in [-0.39, 0.29) is 54.5 Å². The van der Waals surface area contributed by atoms with Crippen LogP contribution in [-0.4, -0.2) is 47.8 Å². The summed E-state index contributed by atoms with van der Waals surface area (Å²) in [6.07, 6.45) is -0.833. The Kier molecular flexibility index (Phi) is 9.65. The van der Waals surface area contributed by atoms with Crippen LogP contribution in [0.25, 0.3) is 0 Å². The van der Waals surface area contributed by atoms with Crippen molar-refractivity contribution in [3.8, 4) is 5.88 Å². The van der Waals surface area contributed by atoms with Crippen molar-refractivity contribution in [2.24, 2.45) is 0 Å². The fourth-order valence-corrected chi connectivity index (χ4v) is 2.96. The van der Waals surface area contributed by atoms with Crippen LogP contribution in [0.15, 0.2) is 33.9 Å². The Morgan fingerprint density at radius 2 is 1.87 bits per heavy atom. The van der Waals surface area contributed by atoms with Crippen LogP contribution in [-0.2, 0) is 27.8 Å². The second-order valence-electron chi connectivity index (χ2n) is 5.90. The molecule has 1 N–H and O–H groups in total. The molecule has 1 heterocycles. The number of nitrogens with one attached hydrogen (secondary N) is 1. The summed E-state index contributed by atoms with van der Waals surface area (Å²) in [6.45, 7) is -0.328. The van der Waals surface area contributed by atoms with Gasteiger partial charge in [0.25, 0.3) is 5.56 Å². The van der Waals surface area contributed by atoms with Gasteiger partial charge in [0.2, 0.25) is 5.88 Å². The molecule has 156 valence electrons. The van der Waals surface area contributed by atoms with E-state index in [0.717, 1.165) is 7.11 Å². The molecular weight excluding hydrogens is 431 g/mol. The average Bonchev–Trinajstić information content (AvgIpc) is 2.67. The zero-order valence-corrected chi connectivity index (χ0v) is 19.1. The standard InChI is InChI=1S/C17H18N2O9S.Na/c1-27-17(23)28-14-13(9-11-3-5-12(10-20)6-4-11)15(21)19(16(22)18-14)7-2-8-29(24,25)26;/h3-6,10H,2,7-9H2,1H3,(H,18,22)(H,24,25,26);/q;+1/p-1. The van der Waals surface area contributed by atoms with Crippen LogP contribution in [0.2, 0.25) is 0 Å². The van der Waals surface area contributed by atoms with Crippen LogP contribution >= 0.6 is 0 Å². The summed E-state index contributed by atoms with van der Waals surface area (Å²) in [7, 11) is -3.46. The van der Waals surface area contributed by atoms with Gasteiger partial charge >= 0.3 is 41.4 Å². The van der Waals surface area contributed by atoms with E-state index in [1.807, 2.05) is 0 Å². The zero-order valence-electron chi connectivity index (χ0n) is 16.2. The van der Waals surface area contributed by atoms with Gasteiger partial charge in [-0.2, -0.15) is 0 Å². The third-order valence-electron chi connectivity index (χ3n) is 3.87. The fraction of sp³-hybridized carbons (Fsp3) is 0.294. The number of aldehydes is 1. The molecule has 0 spiro atoms. The van der Waals surface area contributed by atoms with Gasteiger partial charge in [-0.25, -0.2) is 18.0 Å². The molecule has 0 saturated heterocycles. The molecule has 0 radical (unpaired) electrons. The average molecular weight is 448 g/mol. The Hall–Kier alpha value is -2.25. The van der Waals surface area contributed by atoms with E-state index in [2.05, 4.69) is 9.72 Å². The number of carbonyl (C=O) groups is 2. The summed E-state index contributed by atoms with van der Waals surface area (Å²) in [5.41, 5.74) is -0.882. The molecule has 0 atom stereocenters. The van der Waals surface area contributed by atoms with Gasteiger partial charge in [-0.1, -0.05) is 24.3 Å². The number of aromatic nitrogens is 2. The molecule has 0 aliphatic heterocycles. The van der Waals surface area contributed by atoms with Gasteiger partial charge in [-0.05, 0) is 12.0 Å². The predicted molar refractivity (Wildman–Crippen MR) is 98.2 cm³/mol. The molecule has 13 heteroatoms. The van der Waals surface area contributed by atoms with E-state index >= 15 is 0 Å². The second kappa shape index (κ2) is 11.2. The molecule has 0 saturated carbocycles. The van der Waals surface area contributed by atoms with Gasteiger partial charge in [-0.3, -0.25) is 19.1 Å². The first kappa shape index (κ1) is 25.8. The van der Waals surface area contributed by atoms with Crippen LogP contribution in [0.1, 0.15) is 27.9 Å². The van der Waals surface area contributed by atoms with E-state index < -0.39 is 39.2 Å². The van der Waals surface area contributed by atoms with Crippen molar-refractivity contribution in [3.63, 3.8) is 0 Å². The van der Waals surface area contributed by atoms with Crippen LogP contribution in [0, 0.1) is 0 Å². The molecule has 0 amide bonds. The minimum absolute atomic E-state index is 0. The van der Waals surface area contributed by atoms with Gasteiger partial charge in [0.1, 0.15) is 6.29 Å². The Labute approximate surface area is 193 Å². The summed E-state index contributed by atoms with van der Waals surface area (Å²) < 4.78 is 42.1. The van der Waals surface area contributed by atoms with Gasteiger partial charge in [-0.15, -0.1) is 0 Å². The van der Waals surface area contributed by atoms with Crippen molar-refractivity contribution in [2.75, 3.05) is 12.9 Å². The molecule has 0 bridgehead atoms. The molecular formula is C17H17N2NaO9S. The third kappa shape index (κ3) is 7.22. The number of H-pyrrole nitrogens is 1. The molecule has 1 aromatic carbocycles. The molecule has 2 rings (SSSR count). The maximum atomic E-state index is 12.8. The van der Waals surface area contributed by atoms with E-state index in [9.17, 15) is 32.1 Å². The summed E-state index contributed by atoms with van der Waals surface area (Å²) in [5.74, 6) is -1.17. The van der Waals surface area contributed by atoms with Gasteiger partial charge in [0.05, 0.1) is 22.8 Å². The Morgan fingerprint density at radius 1 is 1.23 bits per heavy atom. The van der Waals surface area contributed by atoms with Gasteiger partial charge < -0.3 is 14.0 Å². The van der Waals surface area contributed by atoms with Crippen molar-refractivity contribution in [2.45, 2.75) is 19.4 Å². The van der Waals surface area contributed by atoms with E-state index in [1.54, 1.807) is 12.1 Å². The van der Waals surface area contributed by atoms with Crippen LogP contribution in [0.4, 0.5) is 4.79 Å². The van der Waals surface area contributed by atoms with Crippen molar-refractivity contribution < 1.29 is 61.6 Å². The largest absolute Gasteiger partial charge is 1.00 e. The fourth-order valence-electron chi connectivity index (χ4n) is 2.48. The summed E-state index contributed by atoms with van der Waals surface area (Å²) in [6, 6.07) is 6.19.